The number of carboxylic acid groups (broad SMARTS) is 1. The Morgan fingerprint density at radius 1 is 1.02 bits per heavy atom. The van der Waals surface area contributed by atoms with Gasteiger partial charge in [-0.05, 0) is 48.8 Å². The van der Waals surface area contributed by atoms with Crippen molar-refractivity contribution in [3.05, 3.63) is 48.0 Å². The molecule has 3 aromatic rings. The van der Waals surface area contributed by atoms with Crippen molar-refractivity contribution < 1.29 is 27.9 Å². The molecule has 0 spiro atoms. The topological polar surface area (TPSA) is 150 Å². The molecule has 2 saturated heterocycles. The Labute approximate surface area is 273 Å². The molecule has 4 heterocycles. The number of rotatable bonds is 9. The number of sulfonamides is 1. The number of benzene rings is 1. The fourth-order valence-electron chi connectivity index (χ4n) is 7.39. The van der Waals surface area contributed by atoms with Gasteiger partial charge in [-0.1, -0.05) is 49.9 Å². The number of nitrogens with one attached hydrogen (secondary N) is 1. The first-order valence-electron chi connectivity index (χ1n) is 15.9. The van der Waals surface area contributed by atoms with Crippen molar-refractivity contribution in [2.45, 2.75) is 63.8 Å². The summed E-state index contributed by atoms with van der Waals surface area (Å²) in [5, 5.41) is 12.1. The number of thiazole rings is 1. The molecule has 2 aliphatic heterocycles. The summed E-state index contributed by atoms with van der Waals surface area (Å²) in [5.74, 6) is -1.27. The van der Waals surface area contributed by atoms with Gasteiger partial charge in [0.2, 0.25) is 21.8 Å². The second-order valence-electron chi connectivity index (χ2n) is 12.6. The molecule has 0 bridgehead atoms. The van der Waals surface area contributed by atoms with Crippen LogP contribution in [0.1, 0.15) is 57.8 Å². The van der Waals surface area contributed by atoms with E-state index in [0.717, 1.165) is 55.1 Å². The zero-order valence-corrected chi connectivity index (χ0v) is 27.4. The SMILES string of the molecule is CS(=O)(=O)N[C@@H]1CC[C@H](C2CCCC2)[C@H](CC(=O)O)C(=O)N(c2nc(-c3ccccc3-c3ccc(N4CCCC4=O)nc3)cs2)C1. The number of anilines is 2. The maximum absolute atomic E-state index is 14.3. The van der Waals surface area contributed by atoms with Crippen LogP contribution in [0.2, 0.25) is 0 Å². The van der Waals surface area contributed by atoms with Gasteiger partial charge in [0.15, 0.2) is 5.13 Å². The number of aliphatic carboxylic acids is 1. The predicted molar refractivity (Wildman–Crippen MR) is 177 cm³/mol. The van der Waals surface area contributed by atoms with E-state index in [1.54, 1.807) is 11.1 Å². The van der Waals surface area contributed by atoms with Crippen LogP contribution < -0.4 is 14.5 Å². The van der Waals surface area contributed by atoms with E-state index in [9.17, 15) is 27.9 Å². The number of aromatic nitrogens is 2. The Balaban J connectivity index is 1.33. The van der Waals surface area contributed by atoms with Gasteiger partial charge in [0.25, 0.3) is 0 Å². The summed E-state index contributed by atoms with van der Waals surface area (Å²) in [6, 6.07) is 11.0. The first-order valence-corrected chi connectivity index (χ1v) is 18.7. The summed E-state index contributed by atoms with van der Waals surface area (Å²) < 4.78 is 27.3. The number of pyridine rings is 1. The maximum atomic E-state index is 14.3. The molecule has 1 aliphatic carbocycles. The summed E-state index contributed by atoms with van der Waals surface area (Å²) in [7, 11) is -3.56. The van der Waals surface area contributed by atoms with Crippen LogP contribution in [0.25, 0.3) is 22.4 Å². The van der Waals surface area contributed by atoms with Crippen molar-refractivity contribution in [3.63, 3.8) is 0 Å². The molecule has 3 aliphatic rings. The summed E-state index contributed by atoms with van der Waals surface area (Å²) in [4.78, 5) is 51.2. The Kier molecular flexibility index (Phi) is 9.53. The molecule has 46 heavy (non-hydrogen) atoms. The van der Waals surface area contributed by atoms with Gasteiger partial charge < -0.3 is 5.11 Å². The minimum atomic E-state index is -3.56. The lowest BCUT2D eigenvalue weighted by Gasteiger charge is -2.38. The first-order chi connectivity index (χ1) is 22.1. The summed E-state index contributed by atoms with van der Waals surface area (Å²) >= 11 is 1.28. The predicted octanol–water partition coefficient (Wildman–Crippen LogP) is 4.94. The number of carbonyl (C=O) groups excluding carboxylic acids is 2. The van der Waals surface area contributed by atoms with E-state index >= 15 is 0 Å². The fraction of sp³-hybridized carbons (Fsp3) is 0.485. The van der Waals surface area contributed by atoms with Crippen LogP contribution in [0.3, 0.4) is 0 Å². The molecule has 11 nitrogen and oxygen atoms in total. The van der Waals surface area contributed by atoms with Gasteiger partial charge in [0.1, 0.15) is 5.82 Å². The van der Waals surface area contributed by atoms with Crippen LogP contribution in [-0.2, 0) is 24.4 Å². The van der Waals surface area contributed by atoms with Crippen molar-refractivity contribution >= 4 is 50.1 Å². The second-order valence-corrected chi connectivity index (χ2v) is 15.3. The van der Waals surface area contributed by atoms with E-state index in [-0.39, 0.29) is 36.6 Å². The van der Waals surface area contributed by atoms with Crippen LogP contribution in [0.15, 0.2) is 48.0 Å². The van der Waals surface area contributed by atoms with Crippen molar-refractivity contribution in [1.29, 1.82) is 0 Å². The zero-order valence-electron chi connectivity index (χ0n) is 25.8. The lowest BCUT2D eigenvalue weighted by atomic mass is 9.74. The molecule has 2 N–H and O–H groups in total. The van der Waals surface area contributed by atoms with Gasteiger partial charge in [0.05, 0.1) is 24.3 Å². The highest BCUT2D eigenvalue weighted by atomic mass is 32.2. The standard InChI is InChI=1S/C33H39N5O6S2/c1-46(43,44)36-23-13-14-25(21-7-2-3-8-21)27(17-31(40)41)32(42)38(19-23)33-35-28(20-45-33)26-10-5-4-9-24(26)22-12-15-29(34-18-22)37-16-6-11-30(37)39/h4-5,9-10,12,15,18,20-21,23,25,27,36H,2-3,6-8,11,13-14,16-17,19H2,1H3,(H,40,41)/t23-,25-,27+/m1/s1. The normalized spacial score (nSPS) is 23.1. The summed E-state index contributed by atoms with van der Waals surface area (Å²) in [5.41, 5.74) is 3.19. The third kappa shape index (κ3) is 7.16. The molecule has 1 saturated carbocycles. The van der Waals surface area contributed by atoms with Crippen molar-refractivity contribution in [2.24, 2.45) is 17.8 Å². The monoisotopic (exact) mass is 665 g/mol. The number of hydrogen-bond acceptors (Lipinski definition) is 8. The molecule has 6 rings (SSSR count). The minimum Gasteiger partial charge on any atom is -0.481 e. The highest BCUT2D eigenvalue weighted by Gasteiger charge is 2.42. The molecule has 2 aromatic heterocycles. The van der Waals surface area contributed by atoms with Crippen LogP contribution in [0.4, 0.5) is 10.9 Å². The third-order valence-electron chi connectivity index (χ3n) is 9.47. The largest absolute Gasteiger partial charge is 0.481 e. The number of amides is 2. The first kappa shape index (κ1) is 32.3. The van der Waals surface area contributed by atoms with Gasteiger partial charge >= 0.3 is 5.97 Å². The van der Waals surface area contributed by atoms with E-state index in [4.69, 9.17) is 4.98 Å². The fourth-order valence-corrected chi connectivity index (χ4v) is 9.03. The molecule has 1 aromatic carbocycles. The van der Waals surface area contributed by atoms with E-state index in [2.05, 4.69) is 9.71 Å². The van der Waals surface area contributed by atoms with E-state index in [1.165, 1.54) is 16.2 Å². The van der Waals surface area contributed by atoms with Gasteiger partial charge in [-0.3, -0.25) is 24.2 Å². The Bertz CT molecular complexity index is 1700. The lowest BCUT2D eigenvalue weighted by molar-refractivity contribution is -0.142. The molecule has 0 unspecified atom stereocenters. The third-order valence-corrected chi connectivity index (χ3v) is 11.1. The smallest absolute Gasteiger partial charge is 0.304 e. The van der Waals surface area contributed by atoms with Gasteiger partial charge in [-0.15, -0.1) is 11.3 Å². The van der Waals surface area contributed by atoms with Crippen molar-refractivity contribution in [1.82, 2.24) is 14.7 Å². The van der Waals surface area contributed by atoms with E-state index < -0.39 is 28.0 Å². The van der Waals surface area contributed by atoms with Crippen LogP contribution in [0, 0.1) is 17.8 Å². The average molecular weight is 666 g/mol. The molecule has 0 radical (unpaired) electrons. The number of nitrogens with zero attached hydrogens (tertiary/aromatic N) is 4. The Morgan fingerprint density at radius 3 is 2.43 bits per heavy atom. The Hall–Kier alpha value is -3.68. The molecule has 2 amide bonds. The molecule has 13 heteroatoms. The number of carboxylic acids is 1. The van der Waals surface area contributed by atoms with Gasteiger partial charge in [0, 0.05) is 48.3 Å². The number of hydrogen-bond donors (Lipinski definition) is 2. The highest BCUT2D eigenvalue weighted by Crippen LogP contribution is 2.43. The van der Waals surface area contributed by atoms with Crippen LogP contribution >= 0.6 is 11.3 Å². The van der Waals surface area contributed by atoms with Crippen LogP contribution in [-0.4, -0.2) is 66.7 Å². The van der Waals surface area contributed by atoms with Crippen molar-refractivity contribution in [3.8, 4) is 22.4 Å². The second kappa shape index (κ2) is 13.6. The minimum absolute atomic E-state index is 0.0641. The molecule has 3 atom stereocenters. The van der Waals surface area contributed by atoms with E-state index in [1.807, 2.05) is 41.8 Å². The van der Waals surface area contributed by atoms with Gasteiger partial charge in [-0.25, -0.2) is 23.1 Å². The molecular weight excluding hydrogens is 627 g/mol. The maximum Gasteiger partial charge on any atom is 0.304 e. The lowest BCUT2D eigenvalue weighted by Crippen LogP contribution is -2.51. The molecule has 244 valence electrons. The zero-order chi connectivity index (χ0) is 32.4. The van der Waals surface area contributed by atoms with Crippen LogP contribution in [0.5, 0.6) is 0 Å². The molecular formula is C33H39N5O6S2. The Morgan fingerprint density at radius 2 is 1.78 bits per heavy atom. The quantitative estimate of drug-likeness (QED) is 0.326. The van der Waals surface area contributed by atoms with Gasteiger partial charge in [-0.2, -0.15) is 0 Å². The van der Waals surface area contributed by atoms with Crippen molar-refractivity contribution in [2.75, 3.05) is 29.1 Å². The summed E-state index contributed by atoms with van der Waals surface area (Å²) in [6.07, 6.45) is 9.02. The molecule has 3 fully saturated rings. The summed E-state index contributed by atoms with van der Waals surface area (Å²) in [6.45, 7) is 0.725. The number of carbonyl (C=O) groups is 3. The highest BCUT2D eigenvalue weighted by molar-refractivity contribution is 7.88. The van der Waals surface area contributed by atoms with E-state index in [0.29, 0.717) is 42.5 Å². The average Bonchev–Trinajstić information content (AvgIpc) is 3.81.